The van der Waals surface area contributed by atoms with Crippen LogP contribution in [0, 0.1) is 17.8 Å². The van der Waals surface area contributed by atoms with Crippen molar-refractivity contribution in [3.05, 3.63) is 0 Å². The van der Waals surface area contributed by atoms with E-state index in [0.29, 0.717) is 6.54 Å². The van der Waals surface area contributed by atoms with Gasteiger partial charge in [0.25, 0.3) is 0 Å². The fourth-order valence-electron chi connectivity index (χ4n) is 2.66. The highest BCUT2D eigenvalue weighted by Crippen LogP contribution is 2.29. The lowest BCUT2D eigenvalue weighted by molar-refractivity contribution is -0.132. The Bertz CT molecular complexity index is 305. The van der Waals surface area contributed by atoms with Gasteiger partial charge < -0.3 is 16.8 Å². The van der Waals surface area contributed by atoms with Gasteiger partial charge in [0.2, 0.25) is 11.8 Å². The van der Waals surface area contributed by atoms with E-state index < -0.39 is 11.9 Å². The molecule has 0 aromatic carbocycles. The van der Waals surface area contributed by atoms with E-state index in [-0.39, 0.29) is 23.7 Å². The van der Waals surface area contributed by atoms with Gasteiger partial charge in [-0.25, -0.2) is 0 Å². The van der Waals surface area contributed by atoms with E-state index in [4.69, 9.17) is 11.5 Å². The number of hydrogen-bond donors (Lipinski definition) is 3. The minimum Gasteiger partial charge on any atom is -0.368 e. The third kappa shape index (κ3) is 3.70. The van der Waals surface area contributed by atoms with E-state index in [0.717, 1.165) is 25.7 Å². The Kier molecular flexibility index (Phi) is 5.59. The van der Waals surface area contributed by atoms with Gasteiger partial charge in [0, 0.05) is 5.92 Å². The summed E-state index contributed by atoms with van der Waals surface area (Å²) >= 11 is 0. The molecule has 0 saturated heterocycles. The van der Waals surface area contributed by atoms with Gasteiger partial charge in [0.15, 0.2) is 0 Å². The van der Waals surface area contributed by atoms with Crippen LogP contribution < -0.4 is 16.8 Å². The van der Waals surface area contributed by atoms with Crippen LogP contribution in [-0.4, -0.2) is 24.4 Å². The maximum absolute atomic E-state index is 12.2. The van der Waals surface area contributed by atoms with Crippen molar-refractivity contribution in [3.63, 3.8) is 0 Å². The number of carbonyl (C=O) groups is 2. The zero-order chi connectivity index (χ0) is 13.7. The van der Waals surface area contributed by atoms with E-state index in [1.54, 1.807) is 0 Å². The number of amides is 2. The van der Waals surface area contributed by atoms with Crippen molar-refractivity contribution >= 4 is 11.8 Å². The van der Waals surface area contributed by atoms with Crippen molar-refractivity contribution in [2.45, 2.75) is 45.6 Å². The van der Waals surface area contributed by atoms with E-state index in [9.17, 15) is 9.59 Å². The van der Waals surface area contributed by atoms with Crippen LogP contribution >= 0.6 is 0 Å². The number of rotatable bonds is 5. The summed E-state index contributed by atoms with van der Waals surface area (Å²) in [5.74, 6) is -0.365. The summed E-state index contributed by atoms with van der Waals surface area (Å²) < 4.78 is 0. The lowest BCUT2D eigenvalue weighted by atomic mass is 9.78. The van der Waals surface area contributed by atoms with Gasteiger partial charge in [-0.15, -0.1) is 0 Å². The molecule has 0 heterocycles. The third-order valence-electron chi connectivity index (χ3n) is 3.82. The molecule has 0 radical (unpaired) electrons. The molecule has 0 aromatic heterocycles. The average Bonchev–Trinajstić information content (AvgIpc) is 2.34. The normalized spacial score (nSPS) is 25.8. The van der Waals surface area contributed by atoms with E-state index in [2.05, 4.69) is 5.32 Å². The number of carbonyl (C=O) groups excluding carboxylic acids is 2. The Labute approximate surface area is 109 Å². The average molecular weight is 255 g/mol. The molecule has 5 heteroatoms. The molecule has 1 rings (SSSR count). The predicted molar refractivity (Wildman–Crippen MR) is 70.5 cm³/mol. The van der Waals surface area contributed by atoms with Crippen molar-refractivity contribution in [3.8, 4) is 0 Å². The molecular formula is C13H25N3O2. The zero-order valence-electron chi connectivity index (χ0n) is 11.3. The lowest BCUT2D eigenvalue weighted by Gasteiger charge is -2.31. The summed E-state index contributed by atoms with van der Waals surface area (Å²) in [5, 5.41) is 2.78. The molecule has 1 fully saturated rings. The smallest absolute Gasteiger partial charge is 0.240 e. The molecule has 1 saturated carbocycles. The molecule has 1 aliphatic rings. The summed E-state index contributed by atoms with van der Waals surface area (Å²) in [5.41, 5.74) is 11.0. The predicted octanol–water partition coefficient (Wildman–Crippen LogP) is 0.378. The minimum atomic E-state index is -0.585. The van der Waals surface area contributed by atoms with Gasteiger partial charge in [0.05, 0.1) is 0 Å². The highest BCUT2D eigenvalue weighted by Gasteiger charge is 2.32. The van der Waals surface area contributed by atoms with E-state index >= 15 is 0 Å². The molecule has 5 nitrogen and oxygen atoms in total. The highest BCUT2D eigenvalue weighted by atomic mass is 16.2. The second-order valence-electron chi connectivity index (χ2n) is 5.52. The maximum Gasteiger partial charge on any atom is 0.240 e. The monoisotopic (exact) mass is 255 g/mol. The quantitative estimate of drug-likeness (QED) is 0.662. The zero-order valence-corrected chi connectivity index (χ0v) is 11.3. The van der Waals surface area contributed by atoms with Crippen LogP contribution in [0.15, 0.2) is 0 Å². The topological polar surface area (TPSA) is 98.2 Å². The van der Waals surface area contributed by atoms with Crippen LogP contribution in [0.4, 0.5) is 0 Å². The van der Waals surface area contributed by atoms with Crippen molar-refractivity contribution < 1.29 is 9.59 Å². The standard InChI is InChI=1S/C13H25N3O2/c1-8(2)11(12(15)17)16-13(18)10-6-4-3-5-9(10)7-14/h8-11H,3-7,14H2,1-2H3,(H2,15,17)(H,16,18). The Balaban J connectivity index is 2.64. The van der Waals surface area contributed by atoms with E-state index in [1.807, 2.05) is 13.8 Å². The molecule has 0 spiro atoms. The van der Waals surface area contributed by atoms with Crippen LogP contribution in [-0.2, 0) is 9.59 Å². The molecular weight excluding hydrogens is 230 g/mol. The van der Waals surface area contributed by atoms with Crippen LogP contribution in [0.1, 0.15) is 39.5 Å². The third-order valence-corrected chi connectivity index (χ3v) is 3.82. The van der Waals surface area contributed by atoms with Crippen LogP contribution in [0.25, 0.3) is 0 Å². The first-order valence-electron chi connectivity index (χ1n) is 6.77. The van der Waals surface area contributed by atoms with Crippen molar-refractivity contribution in [1.82, 2.24) is 5.32 Å². The van der Waals surface area contributed by atoms with Crippen molar-refractivity contribution in [2.75, 3.05) is 6.54 Å². The Morgan fingerprint density at radius 1 is 1.28 bits per heavy atom. The summed E-state index contributed by atoms with van der Waals surface area (Å²) in [6.45, 7) is 4.27. The Hall–Kier alpha value is -1.10. The summed E-state index contributed by atoms with van der Waals surface area (Å²) in [4.78, 5) is 23.5. The summed E-state index contributed by atoms with van der Waals surface area (Å²) in [7, 11) is 0. The van der Waals surface area contributed by atoms with Crippen LogP contribution in [0.2, 0.25) is 0 Å². The van der Waals surface area contributed by atoms with Gasteiger partial charge in [0.1, 0.15) is 6.04 Å². The molecule has 0 aliphatic heterocycles. The van der Waals surface area contributed by atoms with Gasteiger partial charge in [-0.2, -0.15) is 0 Å². The van der Waals surface area contributed by atoms with Gasteiger partial charge in [-0.05, 0) is 31.2 Å². The SMILES string of the molecule is CC(C)C(NC(=O)C1CCCCC1CN)C(N)=O. The molecule has 2 amide bonds. The largest absolute Gasteiger partial charge is 0.368 e. The highest BCUT2D eigenvalue weighted by molar-refractivity contribution is 5.87. The van der Waals surface area contributed by atoms with Crippen LogP contribution in [0.5, 0.6) is 0 Å². The minimum absolute atomic E-state index is 0.00590. The van der Waals surface area contributed by atoms with E-state index in [1.165, 1.54) is 0 Å². The number of nitrogens with one attached hydrogen (secondary N) is 1. The van der Waals surface area contributed by atoms with Crippen LogP contribution in [0.3, 0.4) is 0 Å². The molecule has 1 aliphatic carbocycles. The summed E-state index contributed by atoms with van der Waals surface area (Å²) in [6, 6.07) is -0.585. The van der Waals surface area contributed by atoms with Gasteiger partial charge >= 0.3 is 0 Å². The molecule has 18 heavy (non-hydrogen) atoms. The molecule has 0 aromatic rings. The fraction of sp³-hybridized carbons (Fsp3) is 0.846. The number of hydrogen-bond acceptors (Lipinski definition) is 3. The number of nitrogens with two attached hydrogens (primary N) is 2. The summed E-state index contributed by atoms with van der Waals surface area (Å²) in [6.07, 6.45) is 4.04. The molecule has 5 N–H and O–H groups in total. The first-order chi connectivity index (χ1) is 8.47. The Morgan fingerprint density at radius 3 is 2.39 bits per heavy atom. The first-order valence-corrected chi connectivity index (χ1v) is 6.77. The van der Waals surface area contributed by atoms with Crippen molar-refractivity contribution in [1.29, 1.82) is 0 Å². The molecule has 3 atom stereocenters. The first kappa shape index (κ1) is 15.0. The second kappa shape index (κ2) is 6.73. The van der Waals surface area contributed by atoms with Crippen molar-refractivity contribution in [2.24, 2.45) is 29.2 Å². The molecule has 0 bridgehead atoms. The maximum atomic E-state index is 12.2. The number of primary amides is 1. The molecule has 3 unspecified atom stereocenters. The lowest BCUT2D eigenvalue weighted by Crippen LogP contribution is -2.51. The fourth-order valence-corrected chi connectivity index (χ4v) is 2.66. The second-order valence-corrected chi connectivity index (χ2v) is 5.52. The molecule has 104 valence electrons. The van der Waals surface area contributed by atoms with Gasteiger partial charge in [-0.1, -0.05) is 26.7 Å². The Morgan fingerprint density at radius 2 is 1.89 bits per heavy atom. The van der Waals surface area contributed by atoms with Gasteiger partial charge in [-0.3, -0.25) is 9.59 Å².